The molecule has 6 heteroatoms. The molecule has 1 aromatic carbocycles. The number of allylic oxidation sites excluding steroid dienone is 2. The van der Waals surface area contributed by atoms with E-state index in [2.05, 4.69) is 0 Å². The Hall–Kier alpha value is -0.905. The van der Waals surface area contributed by atoms with Crippen LogP contribution in [0.3, 0.4) is 0 Å². The van der Waals surface area contributed by atoms with Gasteiger partial charge in [-0.25, -0.2) is 0 Å². The van der Waals surface area contributed by atoms with Crippen molar-refractivity contribution in [1.82, 2.24) is 0 Å². The van der Waals surface area contributed by atoms with E-state index in [1.165, 1.54) is 12.1 Å². The third-order valence-electron chi connectivity index (χ3n) is 2.04. The molecular formula is C10H8Li2O4. The predicted molar refractivity (Wildman–Crippen MR) is 61.9 cm³/mol. The van der Waals surface area contributed by atoms with Crippen molar-refractivity contribution in [3.63, 3.8) is 0 Å². The molecule has 1 aliphatic rings. The number of carbonyl (C=O) groups excluding carboxylic acids is 2. The molecule has 1 aliphatic carbocycles. The van der Waals surface area contributed by atoms with Gasteiger partial charge in [0, 0.05) is 0 Å². The normalized spacial score (nSPS) is 12.5. The van der Waals surface area contributed by atoms with Gasteiger partial charge in [-0.05, 0) is 24.3 Å². The second-order valence-electron chi connectivity index (χ2n) is 2.92. The molecule has 2 rings (SSSR count). The van der Waals surface area contributed by atoms with E-state index in [0.29, 0.717) is 0 Å². The first-order chi connectivity index (χ1) is 6.61. The molecular weight excluding hydrogens is 198 g/mol. The number of phenols is 2. The van der Waals surface area contributed by atoms with Gasteiger partial charge in [-0.15, -0.1) is 0 Å². The molecule has 74 valence electrons. The summed E-state index contributed by atoms with van der Waals surface area (Å²) < 4.78 is 0. The van der Waals surface area contributed by atoms with E-state index in [9.17, 15) is 19.8 Å². The summed E-state index contributed by atoms with van der Waals surface area (Å²) in [6.45, 7) is 0. The molecule has 0 saturated carbocycles. The monoisotopic (exact) mass is 206 g/mol. The Morgan fingerprint density at radius 1 is 0.750 bits per heavy atom. The average Bonchev–Trinajstić information content (AvgIpc) is 2.16. The maximum absolute atomic E-state index is 11.3. The number of carbonyl (C=O) groups is 2. The molecule has 0 aliphatic heterocycles. The van der Waals surface area contributed by atoms with Crippen LogP contribution >= 0.6 is 0 Å². The summed E-state index contributed by atoms with van der Waals surface area (Å²) in [6.07, 6.45) is 2.15. The first-order valence-electron chi connectivity index (χ1n) is 3.93. The summed E-state index contributed by atoms with van der Waals surface area (Å²) in [7, 11) is 0. The molecule has 0 aromatic heterocycles. The summed E-state index contributed by atoms with van der Waals surface area (Å²) in [4.78, 5) is 22.6. The number of phenolic OH excluding ortho intramolecular Hbond substituents is 2. The Kier molecular flexibility index (Phi) is 5.12. The van der Waals surface area contributed by atoms with E-state index in [4.69, 9.17) is 0 Å². The van der Waals surface area contributed by atoms with E-state index in [1.54, 1.807) is 0 Å². The zero-order chi connectivity index (χ0) is 10.3. The summed E-state index contributed by atoms with van der Waals surface area (Å²) >= 11 is 0. The number of hydrogen-bond donors (Lipinski definition) is 2. The van der Waals surface area contributed by atoms with Crippen LogP contribution in [0.15, 0.2) is 24.3 Å². The summed E-state index contributed by atoms with van der Waals surface area (Å²) in [5, 5.41) is 18.7. The van der Waals surface area contributed by atoms with Gasteiger partial charge in [0.1, 0.15) is 11.5 Å². The second-order valence-corrected chi connectivity index (χ2v) is 2.92. The van der Waals surface area contributed by atoms with Gasteiger partial charge in [0.15, 0.2) is 11.6 Å². The second kappa shape index (κ2) is 5.43. The first-order valence-corrected chi connectivity index (χ1v) is 3.93. The van der Waals surface area contributed by atoms with Crippen molar-refractivity contribution in [3.05, 3.63) is 35.4 Å². The first kappa shape index (κ1) is 15.1. The van der Waals surface area contributed by atoms with Crippen LogP contribution in [0.4, 0.5) is 0 Å². The minimum atomic E-state index is -0.479. The quantitative estimate of drug-likeness (QED) is 0.452. The van der Waals surface area contributed by atoms with Gasteiger partial charge in [-0.2, -0.15) is 0 Å². The topological polar surface area (TPSA) is 74.6 Å². The van der Waals surface area contributed by atoms with E-state index in [0.717, 1.165) is 12.2 Å². The number of ketones is 2. The van der Waals surface area contributed by atoms with E-state index < -0.39 is 11.6 Å². The van der Waals surface area contributed by atoms with Crippen molar-refractivity contribution in [1.29, 1.82) is 0 Å². The maximum atomic E-state index is 11.3. The molecule has 0 fully saturated rings. The predicted octanol–water partition coefficient (Wildman–Crippen LogP) is -0.264. The third kappa shape index (κ3) is 2.26. The van der Waals surface area contributed by atoms with Gasteiger partial charge in [-0.3, -0.25) is 9.59 Å². The van der Waals surface area contributed by atoms with Crippen LogP contribution < -0.4 is 0 Å². The molecule has 2 N–H and O–H groups in total. The van der Waals surface area contributed by atoms with Crippen molar-refractivity contribution >= 4 is 49.3 Å². The molecule has 0 heterocycles. The van der Waals surface area contributed by atoms with Crippen molar-refractivity contribution in [2.45, 2.75) is 0 Å². The molecule has 1 aromatic rings. The van der Waals surface area contributed by atoms with Crippen LogP contribution in [0, 0.1) is 0 Å². The summed E-state index contributed by atoms with van der Waals surface area (Å²) in [6, 6.07) is 2.36. The number of rotatable bonds is 0. The fourth-order valence-corrected chi connectivity index (χ4v) is 1.40. The molecule has 0 saturated heterocycles. The van der Waals surface area contributed by atoms with Gasteiger partial charge in [0.25, 0.3) is 0 Å². The summed E-state index contributed by atoms with van der Waals surface area (Å²) in [5.41, 5.74) is -0.255. The third-order valence-corrected chi connectivity index (χ3v) is 2.04. The van der Waals surface area contributed by atoms with E-state index in [-0.39, 0.29) is 60.3 Å². The Bertz CT molecular complexity index is 437. The number of fused-ring (bicyclic) bond motifs is 1. The van der Waals surface area contributed by atoms with Crippen molar-refractivity contribution in [3.8, 4) is 11.5 Å². The fraction of sp³-hybridized carbons (Fsp3) is 0. The van der Waals surface area contributed by atoms with Crippen molar-refractivity contribution in [2.24, 2.45) is 0 Å². The van der Waals surface area contributed by atoms with Gasteiger partial charge >= 0.3 is 37.7 Å². The van der Waals surface area contributed by atoms with Crippen LogP contribution in [0.2, 0.25) is 0 Å². The van der Waals surface area contributed by atoms with Gasteiger partial charge in [0.2, 0.25) is 0 Å². The molecule has 0 bridgehead atoms. The van der Waals surface area contributed by atoms with Crippen LogP contribution in [0.5, 0.6) is 11.5 Å². The van der Waals surface area contributed by atoms with Crippen LogP contribution in [-0.4, -0.2) is 59.5 Å². The number of benzene rings is 1. The molecule has 4 nitrogen and oxygen atoms in total. The van der Waals surface area contributed by atoms with E-state index >= 15 is 0 Å². The zero-order valence-electron chi connectivity index (χ0n) is 7.02. The summed E-state index contributed by atoms with van der Waals surface area (Å²) in [5.74, 6) is -1.54. The number of hydrogen-bond acceptors (Lipinski definition) is 4. The molecule has 16 heavy (non-hydrogen) atoms. The van der Waals surface area contributed by atoms with Crippen molar-refractivity contribution in [2.75, 3.05) is 0 Å². The average molecular weight is 206 g/mol. The molecule has 0 spiro atoms. The fourth-order valence-electron chi connectivity index (χ4n) is 1.40. The van der Waals surface area contributed by atoms with Crippen LogP contribution in [-0.2, 0) is 0 Å². The minimum absolute atomic E-state index is 0. The van der Waals surface area contributed by atoms with Gasteiger partial charge in [-0.1, -0.05) is 0 Å². The van der Waals surface area contributed by atoms with Gasteiger partial charge < -0.3 is 10.2 Å². The molecule has 0 amide bonds. The Morgan fingerprint density at radius 3 is 1.38 bits per heavy atom. The zero-order valence-corrected chi connectivity index (χ0v) is 7.02. The standard InChI is InChI=1S/C10H6O4.2Li.2H/c11-5-1-2-6(12)10-8(14)4-3-7(13)9(5)10;;;;/h1-4,11-12H;;;;. The Morgan fingerprint density at radius 2 is 1.06 bits per heavy atom. The molecule has 0 atom stereocenters. The molecule has 0 radical (unpaired) electrons. The Balaban J connectivity index is 0.00000112. The Labute approximate surface area is 116 Å². The van der Waals surface area contributed by atoms with Crippen LogP contribution in [0.25, 0.3) is 0 Å². The van der Waals surface area contributed by atoms with Crippen molar-refractivity contribution < 1.29 is 19.8 Å². The SMILES string of the molecule is O=C1C=CC(=O)c2c(O)ccc(O)c21.[LiH].[LiH]. The van der Waals surface area contributed by atoms with Gasteiger partial charge in [0.05, 0.1) is 11.1 Å². The molecule has 0 unspecified atom stereocenters. The van der Waals surface area contributed by atoms with E-state index in [1.807, 2.05) is 0 Å². The number of aromatic hydroxyl groups is 2. The van der Waals surface area contributed by atoms with Crippen LogP contribution in [0.1, 0.15) is 20.7 Å².